The van der Waals surface area contributed by atoms with Gasteiger partial charge in [0.2, 0.25) is 5.95 Å². The van der Waals surface area contributed by atoms with E-state index in [1.54, 1.807) is 6.07 Å². The number of benzene rings is 1. The third-order valence-electron chi connectivity index (χ3n) is 4.19. The number of aromatic nitrogens is 2. The van der Waals surface area contributed by atoms with Crippen molar-refractivity contribution in [1.29, 1.82) is 0 Å². The minimum Gasteiger partial charge on any atom is -0.334 e. The van der Waals surface area contributed by atoms with E-state index < -0.39 is 16.7 Å². The lowest BCUT2D eigenvalue weighted by atomic mass is 9.94. The van der Waals surface area contributed by atoms with E-state index in [4.69, 9.17) is 0 Å². The zero-order chi connectivity index (χ0) is 18.0. The Kier molecular flexibility index (Phi) is 4.56. The van der Waals surface area contributed by atoms with Crippen molar-refractivity contribution in [2.24, 2.45) is 0 Å². The van der Waals surface area contributed by atoms with Gasteiger partial charge in [-0.15, -0.1) is 0 Å². The molecule has 132 valence electrons. The molecule has 3 rings (SSSR count). The molecule has 1 aliphatic rings. The van der Waals surface area contributed by atoms with E-state index >= 15 is 0 Å². The van der Waals surface area contributed by atoms with Crippen LogP contribution in [0.1, 0.15) is 36.4 Å². The molecule has 0 radical (unpaired) electrons. The van der Waals surface area contributed by atoms with Crippen molar-refractivity contribution in [2.75, 3.05) is 11.4 Å². The molecule has 0 aliphatic carbocycles. The standard InChI is InChI=1S/C16H15F3N4O2/c17-16(18,19)12-5-3-4-11(8-12)14-6-1-2-7-22(14)15-20-9-13(10-21-15)23(24)25/h3-5,8-10,14H,1-2,6-7H2. The quantitative estimate of drug-likeness (QED) is 0.613. The average Bonchev–Trinajstić information content (AvgIpc) is 2.61. The third kappa shape index (κ3) is 3.70. The zero-order valence-corrected chi connectivity index (χ0v) is 13.1. The first-order chi connectivity index (χ1) is 11.9. The first-order valence-electron chi connectivity index (χ1n) is 7.76. The maximum absolute atomic E-state index is 13.0. The molecule has 0 spiro atoms. The van der Waals surface area contributed by atoms with E-state index in [-0.39, 0.29) is 17.7 Å². The molecule has 0 amide bonds. The number of alkyl halides is 3. The Balaban J connectivity index is 1.92. The average molecular weight is 352 g/mol. The molecule has 9 heteroatoms. The lowest BCUT2D eigenvalue weighted by Gasteiger charge is -2.36. The highest BCUT2D eigenvalue weighted by Gasteiger charge is 2.32. The van der Waals surface area contributed by atoms with Crippen LogP contribution in [0.15, 0.2) is 36.7 Å². The molecule has 6 nitrogen and oxygen atoms in total. The number of piperidine rings is 1. The lowest BCUT2D eigenvalue weighted by molar-refractivity contribution is -0.385. The summed E-state index contributed by atoms with van der Waals surface area (Å²) >= 11 is 0. The number of anilines is 1. The summed E-state index contributed by atoms with van der Waals surface area (Å²) in [5.74, 6) is 0.285. The molecule has 0 bridgehead atoms. The van der Waals surface area contributed by atoms with Gasteiger partial charge >= 0.3 is 11.9 Å². The minimum atomic E-state index is -4.40. The van der Waals surface area contributed by atoms with Crippen molar-refractivity contribution in [2.45, 2.75) is 31.5 Å². The molecule has 1 saturated heterocycles. The van der Waals surface area contributed by atoms with Gasteiger partial charge in [-0.1, -0.05) is 12.1 Å². The van der Waals surface area contributed by atoms with Crippen molar-refractivity contribution >= 4 is 11.6 Å². The molecule has 2 heterocycles. The maximum atomic E-state index is 13.0. The van der Waals surface area contributed by atoms with Crippen molar-refractivity contribution in [1.82, 2.24) is 9.97 Å². The van der Waals surface area contributed by atoms with Gasteiger partial charge in [0.25, 0.3) is 0 Å². The second-order valence-electron chi connectivity index (χ2n) is 5.83. The molecular formula is C16H15F3N4O2. The molecule has 1 unspecified atom stereocenters. The fourth-order valence-corrected chi connectivity index (χ4v) is 3.00. The summed E-state index contributed by atoms with van der Waals surface area (Å²) in [6, 6.07) is 4.94. The highest BCUT2D eigenvalue weighted by atomic mass is 19.4. The van der Waals surface area contributed by atoms with Crippen LogP contribution in [0.2, 0.25) is 0 Å². The summed E-state index contributed by atoms with van der Waals surface area (Å²) in [5, 5.41) is 10.7. The highest BCUT2D eigenvalue weighted by molar-refractivity contribution is 5.40. The molecule has 25 heavy (non-hydrogen) atoms. The Bertz CT molecular complexity index is 765. The largest absolute Gasteiger partial charge is 0.416 e. The van der Waals surface area contributed by atoms with Crippen molar-refractivity contribution in [3.8, 4) is 0 Å². The van der Waals surface area contributed by atoms with Gasteiger partial charge in [0.05, 0.1) is 16.5 Å². The Morgan fingerprint density at radius 3 is 2.56 bits per heavy atom. The molecular weight excluding hydrogens is 337 g/mol. The van der Waals surface area contributed by atoms with Crippen LogP contribution < -0.4 is 4.90 Å². The lowest BCUT2D eigenvalue weighted by Crippen LogP contribution is -2.34. The van der Waals surface area contributed by atoms with Crippen LogP contribution in [0.3, 0.4) is 0 Å². The van der Waals surface area contributed by atoms with Crippen LogP contribution in [-0.4, -0.2) is 21.4 Å². The summed E-state index contributed by atoms with van der Waals surface area (Å²) in [7, 11) is 0. The highest BCUT2D eigenvalue weighted by Crippen LogP contribution is 2.36. The second-order valence-corrected chi connectivity index (χ2v) is 5.83. The van der Waals surface area contributed by atoms with Crippen molar-refractivity contribution < 1.29 is 18.1 Å². The summed E-state index contributed by atoms with van der Waals surface area (Å²) in [6.45, 7) is 0.582. The molecule has 1 aliphatic heterocycles. The van der Waals surface area contributed by atoms with Crippen LogP contribution in [0.4, 0.5) is 24.8 Å². The van der Waals surface area contributed by atoms with Gasteiger partial charge in [0.1, 0.15) is 12.4 Å². The monoisotopic (exact) mass is 352 g/mol. The Morgan fingerprint density at radius 2 is 1.92 bits per heavy atom. The van der Waals surface area contributed by atoms with E-state index in [9.17, 15) is 23.3 Å². The smallest absolute Gasteiger partial charge is 0.334 e. The Hall–Kier alpha value is -2.71. The minimum absolute atomic E-state index is 0.226. The summed E-state index contributed by atoms with van der Waals surface area (Å²) in [5.41, 5.74) is -0.381. The van der Waals surface area contributed by atoms with E-state index in [2.05, 4.69) is 9.97 Å². The number of hydrogen-bond donors (Lipinski definition) is 0. The van der Waals surface area contributed by atoms with Gasteiger partial charge in [-0.2, -0.15) is 13.2 Å². The second kappa shape index (κ2) is 6.66. The third-order valence-corrected chi connectivity index (χ3v) is 4.19. The van der Waals surface area contributed by atoms with E-state index in [1.165, 1.54) is 6.07 Å². The van der Waals surface area contributed by atoms with Crippen LogP contribution in [-0.2, 0) is 6.18 Å². The fraction of sp³-hybridized carbons (Fsp3) is 0.375. The van der Waals surface area contributed by atoms with Gasteiger partial charge < -0.3 is 4.90 Å². The van der Waals surface area contributed by atoms with Crippen LogP contribution >= 0.6 is 0 Å². The molecule has 1 fully saturated rings. The van der Waals surface area contributed by atoms with Gasteiger partial charge in [0.15, 0.2) is 0 Å². The van der Waals surface area contributed by atoms with Crippen LogP contribution in [0.25, 0.3) is 0 Å². The number of hydrogen-bond acceptors (Lipinski definition) is 5. The predicted molar refractivity (Wildman–Crippen MR) is 84.1 cm³/mol. The fourth-order valence-electron chi connectivity index (χ4n) is 3.00. The van der Waals surface area contributed by atoms with Crippen molar-refractivity contribution in [3.05, 3.63) is 57.9 Å². The van der Waals surface area contributed by atoms with Crippen molar-refractivity contribution in [3.63, 3.8) is 0 Å². The normalized spacial score (nSPS) is 18.2. The number of rotatable bonds is 3. The van der Waals surface area contributed by atoms with Gasteiger partial charge in [-0.25, -0.2) is 9.97 Å². The zero-order valence-electron chi connectivity index (χ0n) is 13.1. The number of nitro groups is 1. The first kappa shape index (κ1) is 17.1. The van der Waals surface area contributed by atoms with Gasteiger partial charge in [0, 0.05) is 6.54 Å². The molecule has 0 N–H and O–H groups in total. The van der Waals surface area contributed by atoms with E-state index in [0.717, 1.165) is 37.4 Å². The Morgan fingerprint density at radius 1 is 1.20 bits per heavy atom. The number of halogens is 3. The Labute approximate surface area is 141 Å². The van der Waals surface area contributed by atoms with Crippen LogP contribution in [0, 0.1) is 10.1 Å². The van der Waals surface area contributed by atoms with Gasteiger partial charge in [-0.3, -0.25) is 10.1 Å². The molecule has 0 saturated carbocycles. The SMILES string of the molecule is O=[N+]([O-])c1cnc(N2CCCCC2c2cccc(C(F)(F)F)c2)nc1. The van der Waals surface area contributed by atoms with E-state index in [1.807, 2.05) is 4.90 Å². The predicted octanol–water partition coefficient (Wildman–Crippen LogP) is 4.14. The molecule has 2 aromatic rings. The molecule has 1 aromatic carbocycles. The first-order valence-corrected chi connectivity index (χ1v) is 7.76. The summed E-state index contributed by atoms with van der Waals surface area (Å²) < 4.78 is 38.9. The maximum Gasteiger partial charge on any atom is 0.416 e. The van der Waals surface area contributed by atoms with E-state index in [0.29, 0.717) is 18.5 Å². The number of nitrogens with zero attached hydrogens (tertiary/aromatic N) is 4. The van der Waals surface area contributed by atoms with Crippen LogP contribution in [0.5, 0.6) is 0 Å². The van der Waals surface area contributed by atoms with Gasteiger partial charge in [-0.05, 0) is 37.0 Å². The topological polar surface area (TPSA) is 72.2 Å². The summed E-state index contributed by atoms with van der Waals surface area (Å²) in [6.07, 6.45) is 0.224. The molecule has 1 atom stereocenters. The summed E-state index contributed by atoms with van der Waals surface area (Å²) in [4.78, 5) is 20.0. The molecule has 1 aromatic heterocycles.